The lowest BCUT2D eigenvalue weighted by atomic mass is 9.86. The molecule has 50 heavy (non-hydrogen) atoms. The lowest BCUT2D eigenvalue weighted by Crippen LogP contribution is -2.36. The van der Waals surface area contributed by atoms with Crippen molar-refractivity contribution in [3.63, 3.8) is 0 Å². The highest BCUT2D eigenvalue weighted by Crippen LogP contribution is 2.50. The fourth-order valence-corrected chi connectivity index (χ4v) is 10.5. The molecule has 274 valence electrons. The molecule has 0 spiro atoms. The van der Waals surface area contributed by atoms with Crippen LogP contribution in [0, 0.1) is 23.2 Å². The zero-order chi connectivity index (χ0) is 35.8. The molecular formula is C30H37ClFN4O12PS. The Bertz CT molecular complexity index is 1770. The van der Waals surface area contributed by atoms with Crippen LogP contribution in [0.1, 0.15) is 63.2 Å². The van der Waals surface area contributed by atoms with E-state index < -0.39 is 84.9 Å². The number of ether oxygens (including phenoxy) is 3. The van der Waals surface area contributed by atoms with Gasteiger partial charge < -0.3 is 34.3 Å². The molecule has 4 fully saturated rings. The third kappa shape index (κ3) is 7.95. The Labute approximate surface area is 291 Å². The topological polar surface area (TPSA) is 226 Å². The summed E-state index contributed by atoms with van der Waals surface area (Å²) in [5.41, 5.74) is -0.795. The highest BCUT2D eigenvalue weighted by atomic mass is 35.5. The molecule has 3 saturated carbocycles. The van der Waals surface area contributed by atoms with Crippen molar-refractivity contribution >= 4 is 57.7 Å². The largest absolute Gasteiger partial charge is 0.438 e. The molecule has 0 amide bonds. The molecule has 3 N–H and O–H groups in total. The van der Waals surface area contributed by atoms with Gasteiger partial charge in [0.1, 0.15) is 41.8 Å². The lowest BCUT2D eigenvalue weighted by Gasteiger charge is -2.31. The van der Waals surface area contributed by atoms with Crippen molar-refractivity contribution in [2.75, 3.05) is 30.1 Å². The molecule has 2 aromatic rings. The van der Waals surface area contributed by atoms with Crippen LogP contribution >= 0.6 is 19.2 Å². The minimum atomic E-state index is -4.64. The van der Waals surface area contributed by atoms with Gasteiger partial charge in [-0.25, -0.2) is 17.8 Å². The molecule has 0 aromatic carbocycles. The summed E-state index contributed by atoms with van der Waals surface area (Å²) in [4.78, 5) is 28.5. The van der Waals surface area contributed by atoms with Gasteiger partial charge in [-0.3, -0.25) is 23.2 Å². The summed E-state index contributed by atoms with van der Waals surface area (Å²) in [6.45, 7) is -1.75. The summed E-state index contributed by atoms with van der Waals surface area (Å²) >= 11 is 6.32. The SMILES string of the molecule is N#Cc1c(Cl)nc2c(ccn2[C@@H]2O[C@H](CS(=O)(=O)CP(=O)(OCOC(=O)C3CCC3)OCOC(=O)C3CCC3)[C@@H](O)[C@H]2O)c1N[C@H]1C[C@@H](F)C1. The Kier molecular flexibility index (Phi) is 11.1. The van der Waals surface area contributed by atoms with Gasteiger partial charge in [-0.15, -0.1) is 0 Å². The third-order valence-electron chi connectivity index (χ3n) is 9.52. The first-order valence-electron chi connectivity index (χ1n) is 16.2. The van der Waals surface area contributed by atoms with Crippen LogP contribution in [0.15, 0.2) is 12.3 Å². The maximum Gasteiger partial charge on any atom is 0.351 e. The fraction of sp³-hybridized carbons (Fsp3) is 0.667. The number of hydrogen-bond acceptors (Lipinski definition) is 15. The van der Waals surface area contributed by atoms with Gasteiger partial charge in [0.15, 0.2) is 26.7 Å². The minimum absolute atomic E-state index is 0.0283. The highest BCUT2D eigenvalue weighted by Gasteiger charge is 2.47. The Balaban J connectivity index is 1.15. The highest BCUT2D eigenvalue weighted by molar-refractivity contribution is 7.97. The van der Waals surface area contributed by atoms with E-state index in [1.807, 2.05) is 6.07 Å². The van der Waals surface area contributed by atoms with E-state index in [1.165, 1.54) is 10.8 Å². The van der Waals surface area contributed by atoms with Crippen LogP contribution in [0.5, 0.6) is 0 Å². The zero-order valence-corrected chi connectivity index (χ0v) is 29.2. The number of sulfone groups is 1. The van der Waals surface area contributed by atoms with Gasteiger partial charge in [0.05, 0.1) is 23.3 Å². The Morgan fingerprint density at radius 1 is 1.10 bits per heavy atom. The lowest BCUT2D eigenvalue weighted by molar-refractivity contribution is -0.160. The molecule has 1 saturated heterocycles. The summed E-state index contributed by atoms with van der Waals surface area (Å²) in [5.74, 6) is -2.81. The predicted molar refractivity (Wildman–Crippen MR) is 172 cm³/mol. The molecule has 6 rings (SSSR count). The number of carbonyl (C=O) groups is 2. The minimum Gasteiger partial charge on any atom is -0.438 e. The first-order chi connectivity index (χ1) is 23.8. The molecule has 0 unspecified atom stereocenters. The molecule has 4 aliphatic rings. The number of rotatable bonds is 15. The number of esters is 2. The van der Waals surface area contributed by atoms with Crippen LogP contribution in [0.4, 0.5) is 10.1 Å². The molecule has 1 aliphatic heterocycles. The third-order valence-corrected chi connectivity index (χ3v) is 14.5. The van der Waals surface area contributed by atoms with Gasteiger partial charge in [-0.2, -0.15) is 5.26 Å². The van der Waals surface area contributed by atoms with Crippen LogP contribution in [-0.2, 0) is 47.2 Å². The average molecular weight is 763 g/mol. The summed E-state index contributed by atoms with van der Waals surface area (Å²) < 4.78 is 81.3. The average Bonchev–Trinajstić information content (AvgIpc) is 3.49. The van der Waals surface area contributed by atoms with Crippen molar-refractivity contribution in [2.45, 2.75) is 88.1 Å². The molecule has 0 radical (unpaired) electrons. The van der Waals surface area contributed by atoms with Crippen molar-refractivity contribution in [1.29, 1.82) is 5.26 Å². The Morgan fingerprint density at radius 3 is 2.22 bits per heavy atom. The standard InChI is InChI=1S/C30H37ClFN4O12PS/c31-26-21(11-33)23(34-19-9-18(32)10-19)20-7-8-36(27(20)35-26)28-25(38)24(37)22(48-28)12-50(42,43)15-49(41,46-13-44-29(39)16-3-1-4-16)47-14-45-30(40)17-5-2-6-17/h7-8,16-19,22,24-25,28,37-38H,1-6,9-10,12-15H2,(H,34,35)/t18-,19+,22-,24-,25-,28-/m1/s1. The van der Waals surface area contributed by atoms with E-state index in [2.05, 4.69) is 10.3 Å². The fourth-order valence-electron chi connectivity index (χ4n) is 6.07. The van der Waals surface area contributed by atoms with Crippen molar-refractivity contribution < 1.29 is 60.4 Å². The first-order valence-corrected chi connectivity index (χ1v) is 20.1. The van der Waals surface area contributed by atoms with E-state index in [0.717, 1.165) is 12.8 Å². The number of anilines is 1. The van der Waals surface area contributed by atoms with Gasteiger partial charge in [0.25, 0.3) is 0 Å². The van der Waals surface area contributed by atoms with E-state index >= 15 is 0 Å². The van der Waals surface area contributed by atoms with Crippen molar-refractivity contribution in [1.82, 2.24) is 9.55 Å². The maximum atomic E-state index is 13.6. The van der Waals surface area contributed by atoms with Crippen LogP contribution in [-0.4, -0.2) is 95.5 Å². The molecular weight excluding hydrogens is 726 g/mol. The zero-order valence-electron chi connectivity index (χ0n) is 26.7. The second-order valence-corrected chi connectivity index (χ2v) is 18.0. The molecule has 2 aromatic heterocycles. The Morgan fingerprint density at radius 2 is 1.70 bits per heavy atom. The van der Waals surface area contributed by atoms with Crippen molar-refractivity contribution in [3.05, 3.63) is 23.0 Å². The van der Waals surface area contributed by atoms with Crippen LogP contribution in [0.25, 0.3) is 11.0 Å². The van der Waals surface area contributed by atoms with E-state index in [1.54, 1.807) is 6.07 Å². The molecule has 16 nitrogen and oxygen atoms in total. The quantitative estimate of drug-likeness (QED) is 0.102. The number of fused-ring (bicyclic) bond motifs is 1. The maximum absolute atomic E-state index is 13.6. The van der Waals surface area contributed by atoms with Crippen molar-refractivity contribution in [3.8, 4) is 6.07 Å². The smallest absolute Gasteiger partial charge is 0.351 e. The summed E-state index contributed by atoms with van der Waals surface area (Å²) in [6, 6.07) is 3.29. The predicted octanol–water partition coefficient (Wildman–Crippen LogP) is 3.29. The van der Waals surface area contributed by atoms with Crippen LogP contribution in [0.3, 0.4) is 0 Å². The summed E-state index contributed by atoms with van der Waals surface area (Å²) in [6.07, 6.45) is -1.19. The summed E-state index contributed by atoms with van der Waals surface area (Å²) in [5, 5.41) is 34.9. The first kappa shape index (κ1) is 36.9. The molecule has 4 atom stereocenters. The Hall–Kier alpha value is -2.88. The van der Waals surface area contributed by atoms with Gasteiger partial charge >= 0.3 is 19.5 Å². The van der Waals surface area contributed by atoms with Gasteiger partial charge in [0, 0.05) is 17.6 Å². The van der Waals surface area contributed by atoms with Gasteiger partial charge in [-0.1, -0.05) is 24.4 Å². The second-order valence-electron chi connectivity index (χ2n) is 13.0. The molecule has 0 bridgehead atoms. The monoisotopic (exact) mass is 762 g/mol. The van der Waals surface area contributed by atoms with E-state index in [9.17, 15) is 42.4 Å². The van der Waals surface area contributed by atoms with E-state index in [0.29, 0.717) is 36.8 Å². The van der Waals surface area contributed by atoms with E-state index in [-0.39, 0.29) is 47.1 Å². The number of nitrogens with zero attached hydrogens (tertiary/aromatic N) is 3. The molecule has 3 aliphatic carbocycles. The number of aliphatic hydroxyl groups is 2. The number of aromatic nitrogens is 2. The number of nitriles is 1. The number of alkyl halides is 1. The van der Waals surface area contributed by atoms with Crippen LogP contribution in [0.2, 0.25) is 5.15 Å². The van der Waals surface area contributed by atoms with E-state index in [4.69, 9.17) is 34.9 Å². The second kappa shape index (κ2) is 15.0. The normalized spacial score (nSPS) is 27.2. The number of nitrogens with one attached hydrogen (secondary N) is 1. The summed E-state index contributed by atoms with van der Waals surface area (Å²) in [7, 11) is -9.13. The number of hydrogen-bond donors (Lipinski definition) is 3. The van der Waals surface area contributed by atoms with Gasteiger partial charge in [0.2, 0.25) is 13.6 Å². The number of halogens is 2. The van der Waals surface area contributed by atoms with Gasteiger partial charge in [-0.05, 0) is 44.6 Å². The molecule has 3 heterocycles. The molecule has 20 heteroatoms. The van der Waals surface area contributed by atoms with Crippen LogP contribution < -0.4 is 5.32 Å². The number of aliphatic hydroxyl groups excluding tert-OH is 2. The van der Waals surface area contributed by atoms with Crippen molar-refractivity contribution in [2.24, 2.45) is 11.8 Å². The number of carbonyl (C=O) groups excluding carboxylic acids is 2. The number of pyridine rings is 1.